The second-order valence-electron chi connectivity index (χ2n) is 4.82. The third kappa shape index (κ3) is 1.79. The normalized spacial score (nSPS) is 16.5. The molecule has 0 radical (unpaired) electrons. The van der Waals surface area contributed by atoms with Crippen LogP contribution in [0.15, 0.2) is 0 Å². The molecule has 0 fully saturated rings. The number of nitrogens with two attached hydrogens (primary N) is 1. The first kappa shape index (κ1) is 10.6. The average Bonchev–Trinajstić information content (AvgIpc) is 2.55. The van der Waals surface area contributed by atoms with Gasteiger partial charge in [0, 0.05) is 12.2 Å². The Hall–Kier alpha value is -0.870. The molecule has 84 valence electrons. The zero-order chi connectivity index (χ0) is 11.1. The molecule has 1 aromatic rings. The van der Waals surface area contributed by atoms with Crippen LogP contribution in [0.2, 0.25) is 0 Å². The Bertz CT molecular complexity index is 363. The number of aliphatic hydroxyl groups is 1. The summed E-state index contributed by atoms with van der Waals surface area (Å²) in [5.74, 6) is 0.904. The van der Waals surface area contributed by atoms with Crippen LogP contribution in [-0.2, 0) is 25.1 Å². The second kappa shape index (κ2) is 3.61. The van der Waals surface area contributed by atoms with E-state index >= 15 is 0 Å². The van der Waals surface area contributed by atoms with E-state index in [-0.39, 0.29) is 6.61 Å². The smallest absolute Gasteiger partial charge is 0.128 e. The molecule has 2 rings (SSSR count). The second-order valence-corrected chi connectivity index (χ2v) is 4.82. The molecule has 3 N–H and O–H groups in total. The lowest BCUT2D eigenvalue weighted by molar-refractivity contribution is 0.275. The third-order valence-corrected chi connectivity index (χ3v) is 2.93. The molecule has 0 saturated carbocycles. The molecular formula is C11H19N3O. The highest BCUT2D eigenvalue weighted by Gasteiger charge is 2.27. The van der Waals surface area contributed by atoms with E-state index in [1.54, 1.807) is 0 Å². The number of aromatic nitrogens is 2. The minimum Gasteiger partial charge on any atom is -0.390 e. The standard InChI is InChI=1S/C11H19N3O/c1-11(2,12)10-13-8(7-15)9-5-3-4-6-14(9)10/h15H,3-7,12H2,1-2H3. The van der Waals surface area contributed by atoms with Gasteiger partial charge < -0.3 is 15.4 Å². The molecule has 2 heterocycles. The average molecular weight is 209 g/mol. The topological polar surface area (TPSA) is 64.1 Å². The molecule has 15 heavy (non-hydrogen) atoms. The number of hydrogen-bond acceptors (Lipinski definition) is 3. The van der Waals surface area contributed by atoms with Gasteiger partial charge in [-0.2, -0.15) is 0 Å². The van der Waals surface area contributed by atoms with Gasteiger partial charge in [-0.05, 0) is 33.1 Å². The van der Waals surface area contributed by atoms with Crippen molar-refractivity contribution in [3.63, 3.8) is 0 Å². The number of hydrogen-bond donors (Lipinski definition) is 2. The first-order chi connectivity index (χ1) is 7.04. The van der Waals surface area contributed by atoms with E-state index in [4.69, 9.17) is 5.73 Å². The first-order valence-electron chi connectivity index (χ1n) is 5.52. The minimum atomic E-state index is -0.431. The van der Waals surface area contributed by atoms with Crippen LogP contribution in [0.3, 0.4) is 0 Å². The summed E-state index contributed by atoms with van der Waals surface area (Å²) < 4.78 is 2.19. The molecule has 0 unspecified atom stereocenters. The van der Waals surface area contributed by atoms with Crippen LogP contribution in [0.5, 0.6) is 0 Å². The van der Waals surface area contributed by atoms with Gasteiger partial charge in [-0.3, -0.25) is 0 Å². The summed E-state index contributed by atoms with van der Waals surface area (Å²) in [5.41, 5.74) is 7.64. The van der Waals surface area contributed by atoms with E-state index in [0.717, 1.165) is 24.5 Å². The van der Waals surface area contributed by atoms with Crippen molar-refractivity contribution >= 4 is 0 Å². The van der Waals surface area contributed by atoms with E-state index in [2.05, 4.69) is 9.55 Å². The summed E-state index contributed by atoms with van der Waals surface area (Å²) in [6, 6.07) is 0. The van der Waals surface area contributed by atoms with Crippen molar-refractivity contribution in [2.24, 2.45) is 5.73 Å². The summed E-state index contributed by atoms with van der Waals surface area (Å²) in [6.07, 6.45) is 3.37. The van der Waals surface area contributed by atoms with Crippen molar-refractivity contribution in [2.75, 3.05) is 0 Å². The van der Waals surface area contributed by atoms with Crippen LogP contribution in [-0.4, -0.2) is 14.7 Å². The molecule has 4 heteroatoms. The molecular weight excluding hydrogens is 190 g/mol. The van der Waals surface area contributed by atoms with E-state index in [1.165, 1.54) is 18.5 Å². The fourth-order valence-corrected chi connectivity index (χ4v) is 2.24. The van der Waals surface area contributed by atoms with Crippen LogP contribution >= 0.6 is 0 Å². The highest BCUT2D eigenvalue weighted by Crippen LogP contribution is 2.25. The molecule has 0 aliphatic carbocycles. The number of imidazole rings is 1. The largest absolute Gasteiger partial charge is 0.390 e. The molecule has 0 aromatic carbocycles. The van der Waals surface area contributed by atoms with Crippen molar-refractivity contribution in [2.45, 2.75) is 51.8 Å². The first-order valence-corrected chi connectivity index (χ1v) is 5.52. The predicted molar refractivity (Wildman–Crippen MR) is 58.3 cm³/mol. The highest BCUT2D eigenvalue weighted by atomic mass is 16.3. The van der Waals surface area contributed by atoms with Crippen molar-refractivity contribution < 1.29 is 5.11 Å². The SMILES string of the molecule is CC(C)(N)c1nc(CO)c2n1CCCC2. The van der Waals surface area contributed by atoms with Gasteiger partial charge >= 0.3 is 0 Å². The zero-order valence-corrected chi connectivity index (χ0v) is 9.45. The van der Waals surface area contributed by atoms with E-state index in [9.17, 15) is 5.11 Å². The Morgan fingerprint density at radius 2 is 2.20 bits per heavy atom. The van der Waals surface area contributed by atoms with Gasteiger partial charge in [-0.15, -0.1) is 0 Å². The van der Waals surface area contributed by atoms with Crippen LogP contribution in [0.4, 0.5) is 0 Å². The Kier molecular flexibility index (Phi) is 2.56. The molecule has 0 amide bonds. The predicted octanol–water partition coefficient (Wildman–Crippen LogP) is 0.905. The minimum absolute atomic E-state index is 0.0193. The van der Waals surface area contributed by atoms with E-state index in [1.807, 2.05) is 13.8 Å². The molecule has 1 aliphatic rings. The number of fused-ring (bicyclic) bond motifs is 1. The van der Waals surface area contributed by atoms with Crippen molar-refractivity contribution in [1.29, 1.82) is 0 Å². The Labute approximate surface area is 90.1 Å². The summed E-state index contributed by atoms with van der Waals surface area (Å²) in [4.78, 5) is 4.47. The van der Waals surface area contributed by atoms with Crippen LogP contribution in [0.1, 0.15) is 43.9 Å². The molecule has 0 atom stereocenters. The molecule has 0 bridgehead atoms. The molecule has 4 nitrogen and oxygen atoms in total. The van der Waals surface area contributed by atoms with Gasteiger partial charge in [0.05, 0.1) is 17.8 Å². The number of aliphatic hydroxyl groups excluding tert-OH is 1. The lowest BCUT2D eigenvalue weighted by Gasteiger charge is -2.23. The maximum absolute atomic E-state index is 9.26. The van der Waals surface area contributed by atoms with Gasteiger partial charge in [0.1, 0.15) is 5.82 Å². The quantitative estimate of drug-likeness (QED) is 0.760. The zero-order valence-electron chi connectivity index (χ0n) is 9.45. The van der Waals surface area contributed by atoms with Gasteiger partial charge in [-0.1, -0.05) is 0 Å². The van der Waals surface area contributed by atoms with Crippen LogP contribution in [0, 0.1) is 0 Å². The maximum Gasteiger partial charge on any atom is 0.128 e. The lowest BCUT2D eigenvalue weighted by Crippen LogP contribution is -2.33. The Balaban J connectivity index is 2.52. The Morgan fingerprint density at radius 3 is 2.80 bits per heavy atom. The van der Waals surface area contributed by atoms with Crippen molar-refractivity contribution in [3.05, 3.63) is 17.2 Å². The molecule has 0 spiro atoms. The van der Waals surface area contributed by atoms with Crippen LogP contribution < -0.4 is 5.73 Å². The lowest BCUT2D eigenvalue weighted by atomic mass is 10.0. The molecule has 1 aliphatic heterocycles. The van der Waals surface area contributed by atoms with E-state index in [0.29, 0.717) is 0 Å². The summed E-state index contributed by atoms with van der Waals surface area (Å²) in [5, 5.41) is 9.26. The van der Waals surface area contributed by atoms with Gasteiger partial charge in [0.15, 0.2) is 0 Å². The van der Waals surface area contributed by atoms with Crippen LogP contribution in [0.25, 0.3) is 0 Å². The summed E-state index contributed by atoms with van der Waals surface area (Å²) >= 11 is 0. The molecule has 1 aromatic heterocycles. The number of rotatable bonds is 2. The summed E-state index contributed by atoms with van der Waals surface area (Å²) in [6.45, 7) is 4.92. The van der Waals surface area contributed by atoms with Crippen molar-refractivity contribution in [3.8, 4) is 0 Å². The van der Waals surface area contributed by atoms with Gasteiger partial charge in [0.2, 0.25) is 0 Å². The fourth-order valence-electron chi connectivity index (χ4n) is 2.24. The van der Waals surface area contributed by atoms with E-state index < -0.39 is 5.54 Å². The Morgan fingerprint density at radius 1 is 1.47 bits per heavy atom. The number of nitrogens with zero attached hydrogens (tertiary/aromatic N) is 2. The van der Waals surface area contributed by atoms with Gasteiger partial charge in [-0.25, -0.2) is 4.98 Å². The highest BCUT2D eigenvalue weighted by molar-refractivity contribution is 5.22. The summed E-state index contributed by atoms with van der Waals surface area (Å²) in [7, 11) is 0. The third-order valence-electron chi connectivity index (χ3n) is 2.93. The fraction of sp³-hybridized carbons (Fsp3) is 0.727. The molecule has 0 saturated heterocycles. The van der Waals surface area contributed by atoms with Crippen molar-refractivity contribution in [1.82, 2.24) is 9.55 Å². The van der Waals surface area contributed by atoms with Gasteiger partial charge in [0.25, 0.3) is 0 Å². The maximum atomic E-state index is 9.26. The monoisotopic (exact) mass is 209 g/mol.